The van der Waals surface area contributed by atoms with Crippen LogP contribution in [-0.4, -0.2) is 25.2 Å². The number of hydrogen-bond donors (Lipinski definition) is 1. The summed E-state index contributed by atoms with van der Waals surface area (Å²) in [5, 5.41) is 9.58. The summed E-state index contributed by atoms with van der Waals surface area (Å²) in [6.07, 6.45) is 0.184. The largest absolute Gasteiger partial charge is 0.481 e. The summed E-state index contributed by atoms with van der Waals surface area (Å²) >= 11 is 5.99. The highest BCUT2D eigenvalue weighted by atomic mass is 35.5. The van der Waals surface area contributed by atoms with Crippen LogP contribution in [0.2, 0.25) is 5.02 Å². The third-order valence-electron chi connectivity index (χ3n) is 3.54. The highest BCUT2D eigenvalue weighted by molar-refractivity contribution is 6.31. The number of rotatable bonds is 5. The molecule has 22 heavy (non-hydrogen) atoms. The molecule has 0 saturated heterocycles. The molecule has 0 saturated carbocycles. The van der Waals surface area contributed by atoms with Crippen molar-refractivity contribution in [2.75, 3.05) is 19.0 Å². The van der Waals surface area contributed by atoms with Crippen molar-refractivity contribution in [3.63, 3.8) is 0 Å². The zero-order valence-corrected chi connectivity index (χ0v) is 13.1. The lowest BCUT2D eigenvalue weighted by atomic mass is 9.91. The second-order valence-electron chi connectivity index (χ2n) is 5.29. The Morgan fingerprint density at radius 2 is 1.86 bits per heavy atom. The van der Waals surface area contributed by atoms with Gasteiger partial charge in [0.2, 0.25) is 0 Å². The van der Waals surface area contributed by atoms with Crippen LogP contribution in [0.25, 0.3) is 0 Å². The van der Waals surface area contributed by atoms with Gasteiger partial charge in [-0.1, -0.05) is 29.8 Å². The first-order valence-corrected chi connectivity index (χ1v) is 7.21. The summed E-state index contributed by atoms with van der Waals surface area (Å²) in [6.45, 7) is 0. The normalized spacial score (nSPS) is 12.0. The van der Waals surface area contributed by atoms with Crippen LogP contribution >= 0.6 is 11.6 Å². The Bertz CT molecular complexity index is 651. The number of aliphatic carboxylic acids is 1. The molecule has 116 valence electrons. The molecule has 3 nitrogen and oxygen atoms in total. The fourth-order valence-corrected chi connectivity index (χ4v) is 2.62. The summed E-state index contributed by atoms with van der Waals surface area (Å²) in [5.41, 5.74) is 1.87. The van der Waals surface area contributed by atoms with Gasteiger partial charge in [0, 0.05) is 30.4 Å². The monoisotopic (exact) mass is 321 g/mol. The van der Waals surface area contributed by atoms with E-state index in [0.29, 0.717) is 0 Å². The second kappa shape index (κ2) is 6.79. The molecular weight excluding hydrogens is 305 g/mol. The van der Waals surface area contributed by atoms with E-state index >= 15 is 0 Å². The Labute approximate surface area is 133 Å². The number of nitrogens with zero attached hydrogens (tertiary/aromatic N) is 1. The first-order chi connectivity index (χ1) is 10.4. The zero-order chi connectivity index (χ0) is 16.3. The van der Waals surface area contributed by atoms with Crippen LogP contribution < -0.4 is 4.90 Å². The average molecular weight is 322 g/mol. The minimum Gasteiger partial charge on any atom is -0.481 e. The van der Waals surface area contributed by atoms with Crippen molar-refractivity contribution >= 4 is 23.3 Å². The van der Waals surface area contributed by atoms with E-state index in [1.807, 2.05) is 43.3 Å². The van der Waals surface area contributed by atoms with Crippen molar-refractivity contribution in [2.24, 2.45) is 0 Å². The van der Waals surface area contributed by atoms with Crippen LogP contribution in [0, 0.1) is 5.82 Å². The lowest BCUT2D eigenvalue weighted by Crippen LogP contribution is -2.16. The van der Waals surface area contributed by atoms with Gasteiger partial charge in [-0.3, -0.25) is 4.79 Å². The van der Waals surface area contributed by atoms with Gasteiger partial charge in [-0.2, -0.15) is 0 Å². The van der Waals surface area contributed by atoms with Gasteiger partial charge in [0.05, 0.1) is 5.92 Å². The Morgan fingerprint density at radius 1 is 1.23 bits per heavy atom. The number of carboxylic acids is 1. The van der Waals surface area contributed by atoms with E-state index in [2.05, 4.69) is 0 Å². The number of hydrogen-bond acceptors (Lipinski definition) is 2. The van der Waals surface area contributed by atoms with Crippen LogP contribution in [0.1, 0.15) is 17.0 Å². The topological polar surface area (TPSA) is 40.5 Å². The molecule has 2 aromatic carbocycles. The highest BCUT2D eigenvalue weighted by Gasteiger charge is 2.26. The molecule has 0 aromatic heterocycles. The Balaban J connectivity index is 2.32. The maximum atomic E-state index is 14.0. The van der Waals surface area contributed by atoms with Gasteiger partial charge in [0.25, 0.3) is 0 Å². The van der Waals surface area contributed by atoms with Crippen molar-refractivity contribution < 1.29 is 14.3 Å². The molecule has 2 aromatic rings. The lowest BCUT2D eigenvalue weighted by molar-refractivity contribution is -0.138. The van der Waals surface area contributed by atoms with Crippen molar-refractivity contribution in [3.8, 4) is 0 Å². The summed E-state index contributed by atoms with van der Waals surface area (Å²) in [5.74, 6) is -2.70. The third kappa shape index (κ3) is 3.57. The van der Waals surface area contributed by atoms with Gasteiger partial charge >= 0.3 is 5.97 Å². The molecule has 1 N–H and O–H groups in total. The average Bonchev–Trinajstić information content (AvgIpc) is 2.46. The van der Waals surface area contributed by atoms with Crippen molar-refractivity contribution in [2.45, 2.75) is 12.3 Å². The Kier molecular flexibility index (Phi) is 5.03. The van der Waals surface area contributed by atoms with E-state index in [-0.39, 0.29) is 17.0 Å². The molecule has 0 bridgehead atoms. The molecule has 0 amide bonds. The third-order valence-corrected chi connectivity index (χ3v) is 3.87. The van der Waals surface area contributed by atoms with Crippen molar-refractivity contribution in [1.29, 1.82) is 0 Å². The number of carbonyl (C=O) groups is 1. The second-order valence-corrected chi connectivity index (χ2v) is 5.70. The number of benzene rings is 2. The maximum Gasteiger partial charge on any atom is 0.311 e. The molecule has 0 aliphatic carbocycles. The Hall–Kier alpha value is -2.07. The fourth-order valence-electron chi connectivity index (χ4n) is 2.32. The van der Waals surface area contributed by atoms with Crippen LogP contribution in [0.15, 0.2) is 42.5 Å². The standard InChI is InChI=1S/C17H17ClFNO2/c1-20(2)12-8-6-11(7-9-12)10-13(17(21)22)16-14(18)4-3-5-15(16)19/h3-9,13H,10H2,1-2H3,(H,21,22). The van der Waals surface area contributed by atoms with E-state index in [0.717, 1.165) is 11.3 Å². The van der Waals surface area contributed by atoms with E-state index in [1.54, 1.807) is 0 Å². The summed E-state index contributed by atoms with van der Waals surface area (Å²) in [6, 6.07) is 11.7. The minimum absolute atomic E-state index is 0.0355. The molecule has 0 aliphatic heterocycles. The first kappa shape index (κ1) is 16.3. The van der Waals surface area contributed by atoms with Crippen LogP contribution in [-0.2, 0) is 11.2 Å². The lowest BCUT2D eigenvalue weighted by Gasteiger charge is -2.17. The van der Waals surface area contributed by atoms with E-state index in [4.69, 9.17) is 11.6 Å². The number of anilines is 1. The smallest absolute Gasteiger partial charge is 0.311 e. The van der Waals surface area contributed by atoms with Crippen molar-refractivity contribution in [1.82, 2.24) is 0 Å². The van der Waals surface area contributed by atoms with Gasteiger partial charge < -0.3 is 10.0 Å². The molecular formula is C17H17ClFNO2. The predicted octanol–water partition coefficient (Wildman–Crippen LogP) is 3.96. The van der Waals surface area contributed by atoms with E-state index < -0.39 is 17.7 Å². The molecule has 0 aliphatic rings. The quantitative estimate of drug-likeness (QED) is 0.906. The van der Waals surface area contributed by atoms with E-state index in [9.17, 15) is 14.3 Å². The fraction of sp³-hybridized carbons (Fsp3) is 0.235. The van der Waals surface area contributed by atoms with Gasteiger partial charge in [-0.25, -0.2) is 4.39 Å². The van der Waals surface area contributed by atoms with Crippen LogP contribution in [0.5, 0.6) is 0 Å². The summed E-state index contributed by atoms with van der Waals surface area (Å²) < 4.78 is 14.0. The molecule has 0 fully saturated rings. The van der Waals surface area contributed by atoms with Gasteiger partial charge in [-0.15, -0.1) is 0 Å². The van der Waals surface area contributed by atoms with Gasteiger partial charge in [-0.05, 0) is 36.2 Å². The minimum atomic E-state index is -1.09. The predicted molar refractivity (Wildman–Crippen MR) is 86.3 cm³/mol. The van der Waals surface area contributed by atoms with Crippen LogP contribution in [0.3, 0.4) is 0 Å². The van der Waals surface area contributed by atoms with Crippen molar-refractivity contribution in [3.05, 3.63) is 64.4 Å². The summed E-state index contributed by atoms with van der Waals surface area (Å²) in [7, 11) is 3.85. The molecule has 2 rings (SSSR count). The van der Waals surface area contributed by atoms with Gasteiger partial charge in [0.1, 0.15) is 5.82 Å². The highest BCUT2D eigenvalue weighted by Crippen LogP contribution is 2.30. The Morgan fingerprint density at radius 3 is 2.36 bits per heavy atom. The molecule has 1 unspecified atom stereocenters. The molecule has 0 radical (unpaired) electrons. The van der Waals surface area contributed by atoms with E-state index in [1.165, 1.54) is 18.2 Å². The zero-order valence-electron chi connectivity index (χ0n) is 12.4. The maximum absolute atomic E-state index is 14.0. The SMILES string of the molecule is CN(C)c1ccc(CC(C(=O)O)c2c(F)cccc2Cl)cc1. The number of carboxylic acid groups (broad SMARTS) is 1. The van der Waals surface area contributed by atoms with Crippen LogP contribution in [0.4, 0.5) is 10.1 Å². The number of halogens is 2. The molecule has 0 heterocycles. The molecule has 1 atom stereocenters. The first-order valence-electron chi connectivity index (χ1n) is 6.83. The van der Waals surface area contributed by atoms with Gasteiger partial charge in [0.15, 0.2) is 0 Å². The molecule has 0 spiro atoms. The summed E-state index contributed by atoms with van der Waals surface area (Å²) in [4.78, 5) is 13.5. The molecule has 5 heteroatoms.